The van der Waals surface area contributed by atoms with E-state index < -0.39 is 5.82 Å². The lowest BCUT2D eigenvalue weighted by molar-refractivity contribution is -0.612. The Hall–Kier alpha value is -2.76. The first-order valence-corrected chi connectivity index (χ1v) is 5.92. The topological polar surface area (TPSA) is 62.0 Å². The lowest BCUT2D eigenvalue weighted by Crippen LogP contribution is -2.28. The highest BCUT2D eigenvalue weighted by atomic mass is 19.1. The molecule has 0 amide bonds. The Bertz CT molecular complexity index is 792. The van der Waals surface area contributed by atoms with E-state index in [1.807, 2.05) is 0 Å². The predicted octanol–water partition coefficient (Wildman–Crippen LogP) is 2.50. The van der Waals surface area contributed by atoms with Gasteiger partial charge in [-0.1, -0.05) is 6.07 Å². The van der Waals surface area contributed by atoms with Crippen molar-refractivity contribution in [3.63, 3.8) is 0 Å². The van der Waals surface area contributed by atoms with Gasteiger partial charge in [0.05, 0.1) is 5.39 Å². The Balaban J connectivity index is 2.06. The Morgan fingerprint density at radius 3 is 2.85 bits per heavy atom. The van der Waals surface area contributed by atoms with Crippen LogP contribution in [0.3, 0.4) is 0 Å². The lowest BCUT2D eigenvalue weighted by atomic mass is 10.2. The summed E-state index contributed by atoms with van der Waals surface area (Å²) in [7, 11) is 0. The second-order valence-corrected chi connectivity index (χ2v) is 4.25. The van der Waals surface area contributed by atoms with Gasteiger partial charge in [0.2, 0.25) is 12.1 Å². The maximum atomic E-state index is 13.6. The zero-order valence-corrected chi connectivity index (χ0v) is 10.6. The molecule has 0 atom stereocenters. The van der Waals surface area contributed by atoms with E-state index in [1.165, 1.54) is 18.6 Å². The smallest absolute Gasteiger partial charge is 0.230 e. The number of aromatic nitrogens is 3. The first kappa shape index (κ1) is 12.3. The maximum Gasteiger partial charge on any atom is 0.230 e. The van der Waals surface area contributed by atoms with E-state index in [-0.39, 0.29) is 11.4 Å². The predicted molar refractivity (Wildman–Crippen MR) is 69.7 cm³/mol. The number of halogens is 1. The number of aryl methyl sites for hydroxylation is 1. The van der Waals surface area contributed by atoms with Crippen LogP contribution in [0.4, 0.5) is 4.39 Å². The van der Waals surface area contributed by atoms with Crippen molar-refractivity contribution < 1.29 is 13.9 Å². The minimum absolute atomic E-state index is 0.180. The Kier molecular flexibility index (Phi) is 2.90. The van der Waals surface area contributed by atoms with Crippen molar-refractivity contribution in [1.82, 2.24) is 9.97 Å². The first-order chi connectivity index (χ1) is 9.65. The molecule has 100 valence electrons. The van der Waals surface area contributed by atoms with Gasteiger partial charge in [0.15, 0.2) is 11.4 Å². The van der Waals surface area contributed by atoms with Crippen LogP contribution in [0.2, 0.25) is 0 Å². The van der Waals surface area contributed by atoms with Gasteiger partial charge in [-0.3, -0.25) is 0 Å². The SMILES string of the molecule is Cc1ccc(Oc2ncnc3c(F)cccc23)c[n+]1[O-]. The van der Waals surface area contributed by atoms with Crippen LogP contribution in [0.1, 0.15) is 5.69 Å². The van der Waals surface area contributed by atoms with Gasteiger partial charge < -0.3 is 9.94 Å². The van der Waals surface area contributed by atoms with Crippen LogP contribution in [0.25, 0.3) is 10.9 Å². The molecule has 0 aliphatic heterocycles. The minimum Gasteiger partial charge on any atom is -0.618 e. The van der Waals surface area contributed by atoms with Gasteiger partial charge in [-0.15, -0.1) is 0 Å². The molecule has 3 rings (SSSR count). The molecule has 0 unspecified atom stereocenters. The van der Waals surface area contributed by atoms with Crippen molar-refractivity contribution in [2.24, 2.45) is 0 Å². The molecule has 0 fully saturated rings. The molecule has 0 aliphatic carbocycles. The normalized spacial score (nSPS) is 10.7. The standard InChI is InChI=1S/C14H10FN3O2/c1-9-5-6-10(7-18(9)19)20-14-11-3-2-4-12(15)13(11)16-8-17-14/h2-8H,1H3. The van der Waals surface area contributed by atoms with E-state index in [2.05, 4.69) is 9.97 Å². The summed E-state index contributed by atoms with van der Waals surface area (Å²) in [5.74, 6) is 0.0887. The van der Waals surface area contributed by atoms with Gasteiger partial charge in [0, 0.05) is 13.0 Å². The van der Waals surface area contributed by atoms with Crippen LogP contribution in [0.5, 0.6) is 11.6 Å². The van der Waals surface area contributed by atoms with Crippen LogP contribution >= 0.6 is 0 Å². The second-order valence-electron chi connectivity index (χ2n) is 4.25. The third-order valence-corrected chi connectivity index (χ3v) is 2.87. The summed E-state index contributed by atoms with van der Waals surface area (Å²) >= 11 is 0. The lowest BCUT2D eigenvalue weighted by Gasteiger charge is -2.07. The summed E-state index contributed by atoms with van der Waals surface area (Å²) in [4.78, 5) is 7.87. The van der Waals surface area contributed by atoms with Crippen molar-refractivity contribution >= 4 is 10.9 Å². The monoisotopic (exact) mass is 271 g/mol. The molecule has 2 heterocycles. The maximum absolute atomic E-state index is 13.6. The molecule has 0 saturated carbocycles. The van der Waals surface area contributed by atoms with E-state index in [0.717, 1.165) is 0 Å². The van der Waals surface area contributed by atoms with Crippen LogP contribution in [0.15, 0.2) is 42.9 Å². The molecule has 3 aromatic rings. The van der Waals surface area contributed by atoms with Crippen molar-refractivity contribution in [2.45, 2.75) is 6.92 Å². The van der Waals surface area contributed by atoms with Crippen LogP contribution in [-0.2, 0) is 0 Å². The Labute approximate surface area is 113 Å². The molecule has 1 aromatic carbocycles. The number of hydrogen-bond donors (Lipinski definition) is 0. The quantitative estimate of drug-likeness (QED) is 0.530. The van der Waals surface area contributed by atoms with Crippen LogP contribution in [-0.4, -0.2) is 9.97 Å². The summed E-state index contributed by atoms with van der Waals surface area (Å²) < 4.78 is 19.9. The Morgan fingerprint density at radius 2 is 2.05 bits per heavy atom. The van der Waals surface area contributed by atoms with Crippen molar-refractivity contribution in [3.05, 3.63) is 59.6 Å². The second kappa shape index (κ2) is 4.73. The zero-order chi connectivity index (χ0) is 14.1. The van der Waals surface area contributed by atoms with Gasteiger partial charge in [0.25, 0.3) is 0 Å². The number of pyridine rings is 1. The molecule has 20 heavy (non-hydrogen) atoms. The fourth-order valence-corrected chi connectivity index (χ4v) is 1.82. The highest BCUT2D eigenvalue weighted by Gasteiger charge is 2.11. The average molecular weight is 271 g/mol. The highest BCUT2D eigenvalue weighted by Crippen LogP contribution is 2.26. The average Bonchev–Trinajstić information content (AvgIpc) is 2.44. The molecular formula is C14H10FN3O2. The highest BCUT2D eigenvalue weighted by molar-refractivity contribution is 5.83. The molecule has 0 radical (unpaired) electrons. The summed E-state index contributed by atoms with van der Waals surface area (Å²) in [6.45, 7) is 1.69. The van der Waals surface area contributed by atoms with Gasteiger partial charge in [0.1, 0.15) is 17.7 Å². The zero-order valence-electron chi connectivity index (χ0n) is 10.6. The fourth-order valence-electron chi connectivity index (χ4n) is 1.82. The Morgan fingerprint density at radius 1 is 1.20 bits per heavy atom. The first-order valence-electron chi connectivity index (χ1n) is 5.92. The summed E-state index contributed by atoms with van der Waals surface area (Å²) in [6, 6.07) is 7.81. The minimum atomic E-state index is -0.447. The molecule has 2 aromatic heterocycles. The third-order valence-electron chi connectivity index (χ3n) is 2.87. The van der Waals surface area contributed by atoms with E-state index >= 15 is 0 Å². The molecular weight excluding hydrogens is 261 g/mol. The number of ether oxygens (including phenoxy) is 1. The van der Waals surface area contributed by atoms with E-state index in [9.17, 15) is 9.60 Å². The van der Waals surface area contributed by atoms with Crippen LogP contribution in [0, 0.1) is 17.9 Å². The van der Waals surface area contributed by atoms with Gasteiger partial charge in [-0.2, -0.15) is 4.73 Å². The van der Waals surface area contributed by atoms with Crippen molar-refractivity contribution in [1.29, 1.82) is 0 Å². The third kappa shape index (κ3) is 2.11. The number of hydrogen-bond acceptors (Lipinski definition) is 4. The number of para-hydroxylation sites is 1. The molecule has 0 bridgehead atoms. The molecule has 6 heteroatoms. The molecule has 0 aliphatic rings. The fraction of sp³-hybridized carbons (Fsp3) is 0.0714. The number of benzene rings is 1. The molecule has 0 spiro atoms. The molecule has 0 N–H and O–H groups in total. The van der Waals surface area contributed by atoms with Gasteiger partial charge in [-0.05, 0) is 18.2 Å². The van der Waals surface area contributed by atoms with E-state index in [0.29, 0.717) is 21.6 Å². The molecule has 0 saturated heterocycles. The number of nitrogens with zero attached hydrogens (tertiary/aromatic N) is 3. The van der Waals surface area contributed by atoms with Crippen molar-refractivity contribution in [2.75, 3.05) is 0 Å². The summed E-state index contributed by atoms with van der Waals surface area (Å²) in [5, 5.41) is 11.9. The number of rotatable bonds is 2. The van der Waals surface area contributed by atoms with Gasteiger partial charge in [-0.25, -0.2) is 14.4 Å². The largest absolute Gasteiger partial charge is 0.618 e. The van der Waals surface area contributed by atoms with E-state index in [1.54, 1.807) is 31.2 Å². The number of fused-ring (bicyclic) bond motifs is 1. The summed E-state index contributed by atoms with van der Waals surface area (Å²) in [5.41, 5.74) is 0.732. The summed E-state index contributed by atoms with van der Waals surface area (Å²) in [6.07, 6.45) is 2.52. The van der Waals surface area contributed by atoms with Crippen molar-refractivity contribution in [3.8, 4) is 11.6 Å². The van der Waals surface area contributed by atoms with Gasteiger partial charge >= 0.3 is 0 Å². The molecule has 5 nitrogen and oxygen atoms in total. The van der Waals surface area contributed by atoms with E-state index in [4.69, 9.17) is 4.74 Å². The van der Waals surface area contributed by atoms with Crippen LogP contribution < -0.4 is 9.47 Å².